The SMILES string of the molecule is C[Si](C)(C)c1ccc(CNCCC2CC3CCCC(C3)C2)nc1. The molecular weight excluding hydrogens is 296 g/mol. The first-order chi connectivity index (χ1) is 11.0. The molecule has 0 aliphatic heterocycles. The smallest absolute Gasteiger partial charge is 0.0796 e. The first kappa shape index (κ1) is 17.2. The van der Waals surface area contributed by atoms with Crippen LogP contribution in [-0.4, -0.2) is 19.6 Å². The van der Waals surface area contributed by atoms with Crippen LogP contribution in [0.3, 0.4) is 0 Å². The summed E-state index contributed by atoms with van der Waals surface area (Å²) in [6, 6.07) is 4.50. The number of pyridine rings is 1. The lowest BCUT2D eigenvalue weighted by molar-refractivity contribution is 0.132. The molecule has 2 aliphatic rings. The third-order valence-electron chi connectivity index (χ3n) is 5.95. The molecule has 0 aromatic carbocycles. The van der Waals surface area contributed by atoms with Gasteiger partial charge < -0.3 is 5.32 Å². The summed E-state index contributed by atoms with van der Waals surface area (Å²) in [7, 11) is -1.21. The molecule has 2 bridgehead atoms. The summed E-state index contributed by atoms with van der Waals surface area (Å²) >= 11 is 0. The Kier molecular flexibility index (Phi) is 5.58. The Balaban J connectivity index is 1.38. The van der Waals surface area contributed by atoms with Crippen LogP contribution in [0.2, 0.25) is 19.6 Å². The number of hydrogen-bond donors (Lipinski definition) is 1. The fraction of sp³-hybridized carbons (Fsp3) is 0.750. The summed E-state index contributed by atoms with van der Waals surface area (Å²) in [5.41, 5.74) is 1.19. The average Bonchev–Trinajstić information content (AvgIpc) is 2.51. The van der Waals surface area contributed by atoms with Crippen molar-refractivity contribution in [3.8, 4) is 0 Å². The van der Waals surface area contributed by atoms with Gasteiger partial charge in [0.1, 0.15) is 0 Å². The van der Waals surface area contributed by atoms with Crippen molar-refractivity contribution in [3.05, 3.63) is 24.0 Å². The van der Waals surface area contributed by atoms with E-state index in [-0.39, 0.29) is 0 Å². The van der Waals surface area contributed by atoms with E-state index in [0.717, 1.165) is 30.8 Å². The zero-order valence-corrected chi connectivity index (χ0v) is 16.3. The summed E-state index contributed by atoms with van der Waals surface area (Å²) in [5.74, 6) is 3.10. The van der Waals surface area contributed by atoms with Crippen molar-refractivity contribution in [1.82, 2.24) is 10.3 Å². The number of aromatic nitrogens is 1. The Hall–Kier alpha value is -0.673. The molecule has 2 unspecified atom stereocenters. The Morgan fingerprint density at radius 1 is 1.09 bits per heavy atom. The van der Waals surface area contributed by atoms with Crippen LogP contribution in [0.5, 0.6) is 0 Å². The van der Waals surface area contributed by atoms with Crippen LogP contribution in [-0.2, 0) is 6.54 Å². The molecule has 0 spiro atoms. The number of nitrogens with one attached hydrogen (secondary N) is 1. The van der Waals surface area contributed by atoms with Crippen LogP contribution in [0.1, 0.15) is 50.6 Å². The lowest BCUT2D eigenvalue weighted by Crippen LogP contribution is -2.37. The van der Waals surface area contributed by atoms with Gasteiger partial charge in [-0.05, 0) is 61.2 Å². The van der Waals surface area contributed by atoms with Gasteiger partial charge in [-0.15, -0.1) is 0 Å². The molecule has 2 nitrogen and oxygen atoms in total. The van der Waals surface area contributed by atoms with Gasteiger partial charge in [0.2, 0.25) is 0 Å². The van der Waals surface area contributed by atoms with Gasteiger partial charge in [0.25, 0.3) is 0 Å². The van der Waals surface area contributed by atoms with Crippen LogP contribution in [0.15, 0.2) is 18.3 Å². The topological polar surface area (TPSA) is 24.9 Å². The summed E-state index contributed by atoms with van der Waals surface area (Å²) in [4.78, 5) is 4.65. The average molecular weight is 331 g/mol. The Bertz CT molecular complexity index is 479. The van der Waals surface area contributed by atoms with Crippen LogP contribution in [0.4, 0.5) is 0 Å². The maximum atomic E-state index is 4.65. The van der Waals surface area contributed by atoms with Crippen molar-refractivity contribution < 1.29 is 0 Å². The van der Waals surface area contributed by atoms with Crippen LogP contribution < -0.4 is 10.5 Å². The predicted molar refractivity (Wildman–Crippen MR) is 102 cm³/mol. The van der Waals surface area contributed by atoms with E-state index >= 15 is 0 Å². The van der Waals surface area contributed by atoms with Crippen LogP contribution in [0.25, 0.3) is 0 Å². The molecule has 2 aliphatic carbocycles. The minimum atomic E-state index is -1.21. The van der Waals surface area contributed by atoms with Crippen molar-refractivity contribution in [2.75, 3.05) is 6.54 Å². The van der Waals surface area contributed by atoms with Crippen molar-refractivity contribution in [2.24, 2.45) is 17.8 Å². The van der Waals surface area contributed by atoms with Gasteiger partial charge in [0, 0.05) is 12.7 Å². The molecule has 1 aromatic rings. The standard InChI is InChI=1S/C20H34N2Si/c1-23(2,3)20-8-7-19(22-15-20)14-21-10-9-18-12-16-5-4-6-17(11-16)13-18/h7-8,15-18,21H,4-6,9-14H2,1-3H3. The van der Waals surface area contributed by atoms with E-state index in [2.05, 4.69) is 48.3 Å². The first-order valence-corrected chi connectivity index (χ1v) is 13.2. The third-order valence-corrected chi connectivity index (χ3v) is 7.98. The van der Waals surface area contributed by atoms with E-state index in [1.54, 1.807) is 0 Å². The fourth-order valence-electron chi connectivity index (χ4n) is 4.60. The highest BCUT2D eigenvalue weighted by Crippen LogP contribution is 2.43. The van der Waals surface area contributed by atoms with E-state index in [0.29, 0.717) is 0 Å². The minimum absolute atomic E-state index is 0.922. The lowest BCUT2D eigenvalue weighted by Gasteiger charge is -2.39. The predicted octanol–water partition coefficient (Wildman–Crippen LogP) is 4.32. The lowest BCUT2D eigenvalue weighted by atomic mass is 9.67. The molecular formula is C20H34N2Si. The Morgan fingerprint density at radius 3 is 2.43 bits per heavy atom. The minimum Gasteiger partial charge on any atom is -0.311 e. The summed E-state index contributed by atoms with van der Waals surface area (Å²) < 4.78 is 0. The molecule has 128 valence electrons. The quantitative estimate of drug-likeness (QED) is 0.620. The second-order valence-electron chi connectivity index (χ2n) is 8.99. The second-order valence-corrected chi connectivity index (χ2v) is 14.1. The Labute approximate surface area is 143 Å². The molecule has 3 heteroatoms. The largest absolute Gasteiger partial charge is 0.311 e. The summed E-state index contributed by atoms with van der Waals surface area (Å²) in [6.45, 7) is 9.21. The molecule has 0 radical (unpaired) electrons. The van der Waals surface area contributed by atoms with E-state index in [1.165, 1.54) is 55.8 Å². The molecule has 1 N–H and O–H groups in total. The maximum Gasteiger partial charge on any atom is 0.0796 e. The van der Waals surface area contributed by atoms with E-state index < -0.39 is 8.07 Å². The molecule has 23 heavy (non-hydrogen) atoms. The van der Waals surface area contributed by atoms with Gasteiger partial charge in [0.05, 0.1) is 13.8 Å². The van der Waals surface area contributed by atoms with Gasteiger partial charge in [0.15, 0.2) is 0 Å². The molecule has 2 atom stereocenters. The summed E-state index contributed by atoms with van der Waals surface area (Å²) in [6.07, 6.45) is 12.5. The highest BCUT2D eigenvalue weighted by molar-refractivity contribution is 6.88. The normalized spacial score (nSPS) is 27.9. The Morgan fingerprint density at radius 2 is 1.83 bits per heavy atom. The first-order valence-electron chi connectivity index (χ1n) is 9.67. The molecule has 3 rings (SSSR count). The fourth-order valence-corrected chi connectivity index (χ4v) is 5.64. The van der Waals surface area contributed by atoms with Crippen LogP contribution in [0, 0.1) is 17.8 Å². The monoisotopic (exact) mass is 330 g/mol. The van der Waals surface area contributed by atoms with E-state index in [9.17, 15) is 0 Å². The van der Waals surface area contributed by atoms with Gasteiger partial charge in [-0.25, -0.2) is 0 Å². The summed E-state index contributed by atoms with van der Waals surface area (Å²) in [5, 5.41) is 5.08. The van der Waals surface area contributed by atoms with Crippen LogP contribution >= 0.6 is 0 Å². The third kappa shape index (κ3) is 4.90. The molecule has 0 saturated heterocycles. The number of nitrogens with zero attached hydrogens (tertiary/aromatic N) is 1. The molecule has 1 aromatic heterocycles. The van der Waals surface area contributed by atoms with E-state index in [4.69, 9.17) is 0 Å². The molecule has 2 saturated carbocycles. The maximum absolute atomic E-state index is 4.65. The molecule has 0 amide bonds. The van der Waals surface area contributed by atoms with Gasteiger partial charge >= 0.3 is 0 Å². The van der Waals surface area contributed by atoms with Gasteiger partial charge in [-0.3, -0.25) is 4.98 Å². The number of rotatable bonds is 6. The van der Waals surface area contributed by atoms with Gasteiger partial charge in [-0.2, -0.15) is 0 Å². The second kappa shape index (κ2) is 7.48. The number of hydrogen-bond acceptors (Lipinski definition) is 2. The van der Waals surface area contributed by atoms with Crippen molar-refractivity contribution >= 4 is 13.3 Å². The van der Waals surface area contributed by atoms with Gasteiger partial charge in [-0.1, -0.05) is 45.0 Å². The number of fused-ring (bicyclic) bond motifs is 2. The van der Waals surface area contributed by atoms with E-state index in [1.807, 2.05) is 0 Å². The van der Waals surface area contributed by atoms with Crippen molar-refractivity contribution in [2.45, 2.75) is 71.1 Å². The highest BCUT2D eigenvalue weighted by Gasteiger charge is 2.31. The van der Waals surface area contributed by atoms with Crippen molar-refractivity contribution in [3.63, 3.8) is 0 Å². The van der Waals surface area contributed by atoms with Crippen molar-refractivity contribution in [1.29, 1.82) is 0 Å². The molecule has 2 fully saturated rings. The zero-order valence-electron chi connectivity index (χ0n) is 15.3. The molecule has 1 heterocycles. The highest BCUT2D eigenvalue weighted by atomic mass is 28.3. The zero-order chi connectivity index (χ0) is 16.3.